The summed E-state index contributed by atoms with van der Waals surface area (Å²) in [7, 11) is 2.08. The number of amides is 1. The Labute approximate surface area is 129 Å². The molecule has 0 spiro atoms. The van der Waals surface area contributed by atoms with Crippen LogP contribution in [0.15, 0.2) is 42.7 Å². The van der Waals surface area contributed by atoms with Crippen molar-refractivity contribution in [1.29, 1.82) is 0 Å². The maximum Gasteiger partial charge on any atom is 0.253 e. The first-order chi connectivity index (χ1) is 10.7. The van der Waals surface area contributed by atoms with Crippen LogP contribution in [0, 0.1) is 0 Å². The molecule has 1 amide bonds. The van der Waals surface area contributed by atoms with Crippen molar-refractivity contribution >= 4 is 17.5 Å². The maximum absolute atomic E-state index is 12.4. The summed E-state index contributed by atoms with van der Waals surface area (Å²) >= 11 is 0. The van der Waals surface area contributed by atoms with Crippen LogP contribution >= 0.6 is 0 Å². The second kappa shape index (κ2) is 6.53. The summed E-state index contributed by atoms with van der Waals surface area (Å²) in [5.74, 6) is 0.635. The Balaban J connectivity index is 1.65. The van der Waals surface area contributed by atoms with Crippen molar-refractivity contribution in [2.75, 3.05) is 38.5 Å². The van der Waals surface area contributed by atoms with E-state index in [2.05, 4.69) is 27.2 Å². The Hall–Kier alpha value is -2.47. The van der Waals surface area contributed by atoms with Crippen LogP contribution in [0.4, 0.5) is 11.6 Å². The highest BCUT2D eigenvalue weighted by atomic mass is 16.2. The minimum absolute atomic E-state index is 0.0932. The largest absolute Gasteiger partial charge is 0.336 e. The number of aromatic nitrogens is 2. The minimum atomic E-state index is 0.0932. The van der Waals surface area contributed by atoms with Crippen LogP contribution in [0.5, 0.6) is 0 Å². The molecular weight excluding hydrogens is 278 g/mol. The van der Waals surface area contributed by atoms with Crippen LogP contribution in [0.2, 0.25) is 0 Å². The van der Waals surface area contributed by atoms with Crippen molar-refractivity contribution in [2.24, 2.45) is 0 Å². The van der Waals surface area contributed by atoms with E-state index in [4.69, 9.17) is 0 Å². The Morgan fingerprint density at radius 3 is 2.32 bits per heavy atom. The van der Waals surface area contributed by atoms with E-state index in [1.807, 2.05) is 29.2 Å². The first kappa shape index (κ1) is 14.5. The van der Waals surface area contributed by atoms with E-state index in [1.54, 1.807) is 18.5 Å². The number of likely N-dealkylation sites (N-methyl/N-ethyl adjacent to an activating group) is 1. The molecule has 0 aliphatic carbocycles. The maximum atomic E-state index is 12.4. The molecule has 1 aromatic carbocycles. The number of anilines is 2. The fourth-order valence-electron chi connectivity index (χ4n) is 2.38. The average molecular weight is 297 g/mol. The molecule has 1 N–H and O–H groups in total. The molecule has 6 nitrogen and oxygen atoms in total. The molecule has 2 aromatic rings. The number of hydrogen-bond donors (Lipinski definition) is 1. The first-order valence-corrected chi connectivity index (χ1v) is 7.34. The fraction of sp³-hybridized carbons (Fsp3) is 0.312. The highest BCUT2D eigenvalue weighted by Gasteiger charge is 2.20. The van der Waals surface area contributed by atoms with Crippen molar-refractivity contribution in [2.45, 2.75) is 0 Å². The molecule has 0 bridgehead atoms. The summed E-state index contributed by atoms with van der Waals surface area (Å²) in [4.78, 5) is 24.8. The average Bonchev–Trinajstić information content (AvgIpc) is 2.57. The predicted molar refractivity (Wildman–Crippen MR) is 85.2 cm³/mol. The number of nitrogens with one attached hydrogen (secondary N) is 1. The minimum Gasteiger partial charge on any atom is -0.336 e. The van der Waals surface area contributed by atoms with Gasteiger partial charge in [-0.1, -0.05) is 0 Å². The molecule has 1 aliphatic rings. The lowest BCUT2D eigenvalue weighted by molar-refractivity contribution is 0.0664. The monoisotopic (exact) mass is 297 g/mol. The molecule has 1 fully saturated rings. The number of benzene rings is 1. The summed E-state index contributed by atoms with van der Waals surface area (Å²) in [5, 5.41) is 3.10. The number of piperazine rings is 1. The highest BCUT2D eigenvalue weighted by molar-refractivity contribution is 5.94. The lowest BCUT2D eigenvalue weighted by Crippen LogP contribution is -2.47. The number of hydrogen-bond acceptors (Lipinski definition) is 5. The van der Waals surface area contributed by atoms with Gasteiger partial charge in [0.2, 0.25) is 5.95 Å². The fourth-order valence-corrected chi connectivity index (χ4v) is 2.38. The Morgan fingerprint density at radius 2 is 1.68 bits per heavy atom. The molecule has 1 aromatic heterocycles. The second-order valence-corrected chi connectivity index (χ2v) is 5.37. The Bertz CT molecular complexity index is 621. The third-order valence-corrected chi connectivity index (χ3v) is 3.74. The van der Waals surface area contributed by atoms with Crippen molar-refractivity contribution < 1.29 is 4.79 Å². The highest BCUT2D eigenvalue weighted by Crippen LogP contribution is 2.15. The first-order valence-electron chi connectivity index (χ1n) is 7.34. The smallest absolute Gasteiger partial charge is 0.253 e. The third kappa shape index (κ3) is 3.40. The summed E-state index contributed by atoms with van der Waals surface area (Å²) in [5.41, 5.74) is 1.57. The molecule has 1 aliphatic heterocycles. The molecule has 22 heavy (non-hydrogen) atoms. The van der Waals surface area contributed by atoms with Gasteiger partial charge in [-0.05, 0) is 37.4 Å². The van der Waals surface area contributed by atoms with E-state index >= 15 is 0 Å². The predicted octanol–water partition coefficient (Wildman–Crippen LogP) is 1.61. The van der Waals surface area contributed by atoms with Crippen molar-refractivity contribution in [3.05, 3.63) is 48.3 Å². The van der Waals surface area contributed by atoms with Gasteiger partial charge in [0.25, 0.3) is 5.91 Å². The quantitative estimate of drug-likeness (QED) is 0.932. The van der Waals surface area contributed by atoms with Gasteiger partial charge in [0, 0.05) is 49.8 Å². The lowest BCUT2D eigenvalue weighted by Gasteiger charge is -2.32. The summed E-state index contributed by atoms with van der Waals surface area (Å²) in [6, 6.07) is 9.19. The van der Waals surface area contributed by atoms with Gasteiger partial charge in [0.15, 0.2) is 0 Å². The molecule has 0 radical (unpaired) electrons. The summed E-state index contributed by atoms with van der Waals surface area (Å²) in [6.07, 6.45) is 3.36. The molecule has 1 saturated heterocycles. The van der Waals surface area contributed by atoms with Crippen molar-refractivity contribution in [1.82, 2.24) is 19.8 Å². The van der Waals surface area contributed by atoms with Crippen LogP contribution < -0.4 is 5.32 Å². The molecule has 114 valence electrons. The van der Waals surface area contributed by atoms with Gasteiger partial charge < -0.3 is 15.1 Å². The topological polar surface area (TPSA) is 61.4 Å². The van der Waals surface area contributed by atoms with E-state index in [9.17, 15) is 4.79 Å². The van der Waals surface area contributed by atoms with Gasteiger partial charge in [-0.2, -0.15) is 0 Å². The van der Waals surface area contributed by atoms with Gasteiger partial charge in [-0.3, -0.25) is 4.79 Å². The molecule has 6 heteroatoms. The van der Waals surface area contributed by atoms with Gasteiger partial charge in [0.1, 0.15) is 0 Å². The van der Waals surface area contributed by atoms with Gasteiger partial charge in [0.05, 0.1) is 0 Å². The normalized spacial score (nSPS) is 15.6. The lowest BCUT2D eigenvalue weighted by atomic mass is 10.1. The number of carbonyl (C=O) groups excluding carboxylic acids is 1. The van der Waals surface area contributed by atoms with E-state index in [0.717, 1.165) is 31.9 Å². The van der Waals surface area contributed by atoms with Gasteiger partial charge in [-0.15, -0.1) is 0 Å². The van der Waals surface area contributed by atoms with Crippen LogP contribution in [0.1, 0.15) is 10.4 Å². The SMILES string of the molecule is CN1CCN(C(=O)c2ccc(Nc3ncccn3)cc2)CC1. The zero-order valence-electron chi connectivity index (χ0n) is 12.6. The standard InChI is InChI=1S/C16H19N5O/c1-20-9-11-21(12-10-20)15(22)13-3-5-14(6-4-13)19-16-17-7-2-8-18-16/h2-8H,9-12H2,1H3,(H,17,18,19). The van der Waals surface area contributed by atoms with Gasteiger partial charge >= 0.3 is 0 Å². The van der Waals surface area contributed by atoms with E-state index < -0.39 is 0 Å². The molecule has 0 atom stereocenters. The zero-order valence-corrected chi connectivity index (χ0v) is 12.6. The Kier molecular flexibility index (Phi) is 4.29. The van der Waals surface area contributed by atoms with E-state index in [0.29, 0.717) is 11.5 Å². The second-order valence-electron chi connectivity index (χ2n) is 5.37. The Morgan fingerprint density at radius 1 is 1.05 bits per heavy atom. The van der Waals surface area contributed by atoms with E-state index in [-0.39, 0.29) is 5.91 Å². The number of rotatable bonds is 3. The van der Waals surface area contributed by atoms with Crippen molar-refractivity contribution in [3.63, 3.8) is 0 Å². The molecule has 0 unspecified atom stereocenters. The molecule has 0 saturated carbocycles. The molecule has 3 rings (SSSR count). The van der Waals surface area contributed by atoms with Crippen molar-refractivity contribution in [3.8, 4) is 0 Å². The molecular formula is C16H19N5O. The number of carbonyl (C=O) groups is 1. The van der Waals surface area contributed by atoms with E-state index in [1.165, 1.54) is 0 Å². The van der Waals surface area contributed by atoms with Crippen LogP contribution in [0.3, 0.4) is 0 Å². The summed E-state index contributed by atoms with van der Waals surface area (Å²) in [6.45, 7) is 3.42. The summed E-state index contributed by atoms with van der Waals surface area (Å²) < 4.78 is 0. The van der Waals surface area contributed by atoms with Crippen LogP contribution in [0.25, 0.3) is 0 Å². The molecule has 2 heterocycles. The van der Waals surface area contributed by atoms with Crippen LogP contribution in [-0.4, -0.2) is 58.9 Å². The number of nitrogens with zero attached hydrogens (tertiary/aromatic N) is 4. The van der Waals surface area contributed by atoms with Gasteiger partial charge in [-0.25, -0.2) is 9.97 Å². The van der Waals surface area contributed by atoms with Crippen LogP contribution in [-0.2, 0) is 0 Å². The zero-order chi connectivity index (χ0) is 15.4. The third-order valence-electron chi connectivity index (χ3n) is 3.74.